The van der Waals surface area contributed by atoms with Crippen LogP contribution in [0.5, 0.6) is 0 Å². The number of benzene rings is 1. The molecule has 0 spiro atoms. The largest absolute Gasteiger partial charge is 0.467 e. The zero-order chi connectivity index (χ0) is 22.3. The fourth-order valence-electron chi connectivity index (χ4n) is 3.19. The van der Waals surface area contributed by atoms with Gasteiger partial charge in [0.1, 0.15) is 5.76 Å². The Kier molecular flexibility index (Phi) is 10.9. The topological polar surface area (TPSA) is 100 Å². The number of nitrogens with one attached hydrogen (secondary N) is 3. The Morgan fingerprint density at radius 2 is 1.52 bits per heavy atom. The highest BCUT2D eigenvalue weighted by atomic mass is 16.3. The number of hydrogen-bond acceptors (Lipinski definition) is 4. The van der Waals surface area contributed by atoms with Gasteiger partial charge in [-0.3, -0.25) is 14.4 Å². The second-order valence-corrected chi connectivity index (χ2v) is 7.49. The summed E-state index contributed by atoms with van der Waals surface area (Å²) >= 11 is 0. The van der Waals surface area contributed by atoms with Crippen molar-refractivity contribution >= 4 is 23.4 Å². The third-order valence-electron chi connectivity index (χ3n) is 4.95. The number of furan rings is 1. The molecule has 3 amide bonds. The minimum absolute atomic E-state index is 0.229. The molecule has 7 heteroatoms. The average Bonchev–Trinajstić information content (AvgIpc) is 3.30. The lowest BCUT2D eigenvalue weighted by Gasteiger charge is -2.11. The van der Waals surface area contributed by atoms with Crippen LogP contribution in [0.2, 0.25) is 0 Å². The van der Waals surface area contributed by atoms with Crippen LogP contribution in [0.25, 0.3) is 0 Å². The first-order valence-electron chi connectivity index (χ1n) is 11.1. The summed E-state index contributed by atoms with van der Waals surface area (Å²) in [4.78, 5) is 36.8. The van der Waals surface area contributed by atoms with E-state index in [4.69, 9.17) is 4.42 Å². The quantitative estimate of drug-likeness (QED) is 0.326. The Morgan fingerprint density at radius 1 is 0.806 bits per heavy atom. The Hall–Kier alpha value is -3.09. The zero-order valence-electron chi connectivity index (χ0n) is 18.2. The van der Waals surface area contributed by atoms with Gasteiger partial charge in [-0.05, 0) is 30.7 Å². The molecule has 0 unspecified atom stereocenters. The third kappa shape index (κ3) is 9.07. The maximum atomic E-state index is 12.5. The number of carbonyl (C=O) groups excluding carboxylic acids is 3. The molecule has 0 saturated carbocycles. The maximum Gasteiger partial charge on any atom is 0.313 e. The molecule has 31 heavy (non-hydrogen) atoms. The average molecular weight is 428 g/mol. The monoisotopic (exact) mass is 427 g/mol. The van der Waals surface area contributed by atoms with E-state index in [0.29, 0.717) is 12.3 Å². The molecule has 0 aliphatic carbocycles. The van der Waals surface area contributed by atoms with Gasteiger partial charge < -0.3 is 20.4 Å². The van der Waals surface area contributed by atoms with Crippen LogP contribution >= 0.6 is 0 Å². The van der Waals surface area contributed by atoms with E-state index in [2.05, 4.69) is 22.9 Å². The minimum atomic E-state index is -0.786. The molecular weight excluding hydrogens is 394 g/mol. The summed E-state index contributed by atoms with van der Waals surface area (Å²) in [6.45, 7) is 2.90. The van der Waals surface area contributed by atoms with Crippen molar-refractivity contribution in [2.24, 2.45) is 0 Å². The maximum absolute atomic E-state index is 12.5. The van der Waals surface area contributed by atoms with Crippen LogP contribution in [0.15, 0.2) is 47.1 Å². The summed E-state index contributed by atoms with van der Waals surface area (Å²) in [5, 5.41) is 7.90. The van der Waals surface area contributed by atoms with Crippen LogP contribution in [-0.2, 0) is 16.1 Å². The van der Waals surface area contributed by atoms with E-state index in [9.17, 15) is 14.4 Å². The van der Waals surface area contributed by atoms with E-state index < -0.39 is 11.8 Å². The van der Waals surface area contributed by atoms with Crippen molar-refractivity contribution in [2.75, 3.05) is 11.9 Å². The van der Waals surface area contributed by atoms with Crippen molar-refractivity contribution in [1.82, 2.24) is 10.6 Å². The van der Waals surface area contributed by atoms with Gasteiger partial charge in [-0.2, -0.15) is 0 Å². The molecule has 0 atom stereocenters. The summed E-state index contributed by atoms with van der Waals surface area (Å²) in [6.07, 6.45) is 10.9. The Labute approximate surface area is 184 Å². The number of anilines is 1. The van der Waals surface area contributed by atoms with E-state index in [1.807, 2.05) is 0 Å². The molecular formula is C24H33N3O4. The van der Waals surface area contributed by atoms with Gasteiger partial charge in [0.2, 0.25) is 0 Å². The summed E-state index contributed by atoms with van der Waals surface area (Å²) in [6, 6.07) is 10.1. The van der Waals surface area contributed by atoms with E-state index >= 15 is 0 Å². The first-order chi connectivity index (χ1) is 15.1. The second-order valence-electron chi connectivity index (χ2n) is 7.49. The van der Waals surface area contributed by atoms with Gasteiger partial charge in [-0.1, -0.05) is 64.0 Å². The molecule has 7 nitrogen and oxygen atoms in total. The van der Waals surface area contributed by atoms with Crippen molar-refractivity contribution in [3.05, 3.63) is 54.0 Å². The molecule has 0 saturated heterocycles. The summed E-state index contributed by atoms with van der Waals surface area (Å²) in [7, 11) is 0. The second kappa shape index (κ2) is 14.0. The number of carbonyl (C=O) groups is 3. The van der Waals surface area contributed by atoms with Gasteiger partial charge in [-0.15, -0.1) is 0 Å². The predicted octanol–water partition coefficient (Wildman–Crippen LogP) is 4.41. The van der Waals surface area contributed by atoms with E-state index in [-0.39, 0.29) is 23.7 Å². The highest BCUT2D eigenvalue weighted by Crippen LogP contribution is 2.15. The number of unbranched alkanes of at least 4 members (excludes halogenated alkanes) is 7. The van der Waals surface area contributed by atoms with Gasteiger partial charge >= 0.3 is 11.8 Å². The lowest BCUT2D eigenvalue weighted by molar-refractivity contribution is -0.136. The molecule has 1 heterocycles. The van der Waals surface area contributed by atoms with Gasteiger partial charge in [0.25, 0.3) is 5.91 Å². The van der Waals surface area contributed by atoms with E-state index in [1.54, 1.807) is 36.4 Å². The van der Waals surface area contributed by atoms with Crippen molar-refractivity contribution in [2.45, 2.75) is 64.8 Å². The zero-order valence-corrected chi connectivity index (χ0v) is 18.2. The lowest BCUT2D eigenvalue weighted by atomic mass is 10.1. The first kappa shape index (κ1) is 24.2. The normalized spacial score (nSPS) is 10.5. The first-order valence-corrected chi connectivity index (χ1v) is 11.1. The summed E-state index contributed by atoms with van der Waals surface area (Å²) in [5.74, 6) is -1.23. The van der Waals surface area contributed by atoms with Gasteiger partial charge in [0, 0.05) is 6.54 Å². The Balaban J connectivity index is 1.72. The molecule has 0 aliphatic heterocycles. The predicted molar refractivity (Wildman–Crippen MR) is 121 cm³/mol. The van der Waals surface area contributed by atoms with Gasteiger partial charge in [0.15, 0.2) is 0 Å². The summed E-state index contributed by atoms with van der Waals surface area (Å²) < 4.78 is 5.19. The van der Waals surface area contributed by atoms with Crippen LogP contribution in [0.4, 0.5) is 5.69 Å². The molecule has 0 fully saturated rings. The van der Waals surface area contributed by atoms with Crippen molar-refractivity contribution < 1.29 is 18.8 Å². The van der Waals surface area contributed by atoms with Crippen LogP contribution in [0.1, 0.15) is 74.4 Å². The fourth-order valence-corrected chi connectivity index (χ4v) is 3.19. The fraction of sp³-hybridized carbons (Fsp3) is 0.458. The molecule has 0 radical (unpaired) electrons. The van der Waals surface area contributed by atoms with Crippen LogP contribution < -0.4 is 16.0 Å². The van der Waals surface area contributed by atoms with E-state index in [1.165, 1.54) is 38.4 Å². The number of rotatable bonds is 13. The lowest BCUT2D eigenvalue weighted by Crippen LogP contribution is -2.36. The summed E-state index contributed by atoms with van der Waals surface area (Å²) in [5.41, 5.74) is 0.560. The highest BCUT2D eigenvalue weighted by Gasteiger charge is 2.17. The Morgan fingerprint density at radius 3 is 2.23 bits per heavy atom. The molecule has 168 valence electrons. The van der Waals surface area contributed by atoms with E-state index in [0.717, 1.165) is 19.3 Å². The minimum Gasteiger partial charge on any atom is -0.467 e. The standard InChI is InChI=1S/C24H33N3O4/c1-2-3-4-5-6-7-8-11-16-25-23(29)24(30)27-21-15-10-9-14-20(21)22(28)26-18-19-13-12-17-31-19/h9-10,12-15,17H,2-8,11,16,18H2,1H3,(H,25,29)(H,26,28)(H,27,30). The molecule has 3 N–H and O–H groups in total. The van der Waals surface area contributed by atoms with Gasteiger partial charge in [0.05, 0.1) is 24.1 Å². The third-order valence-corrected chi connectivity index (χ3v) is 4.95. The van der Waals surface area contributed by atoms with Gasteiger partial charge in [-0.25, -0.2) is 0 Å². The number of hydrogen-bond donors (Lipinski definition) is 3. The molecule has 1 aromatic heterocycles. The SMILES string of the molecule is CCCCCCCCCCNC(=O)C(=O)Nc1ccccc1C(=O)NCc1ccco1. The molecule has 2 aromatic rings. The smallest absolute Gasteiger partial charge is 0.313 e. The highest BCUT2D eigenvalue weighted by molar-refractivity contribution is 6.40. The molecule has 0 bridgehead atoms. The molecule has 2 rings (SSSR count). The number of para-hydroxylation sites is 1. The number of amides is 3. The molecule has 1 aromatic carbocycles. The van der Waals surface area contributed by atoms with Crippen LogP contribution in [0, 0.1) is 0 Å². The van der Waals surface area contributed by atoms with Crippen molar-refractivity contribution in [3.8, 4) is 0 Å². The molecule has 0 aliphatic rings. The van der Waals surface area contributed by atoms with Crippen LogP contribution in [0.3, 0.4) is 0 Å². The van der Waals surface area contributed by atoms with Crippen LogP contribution in [-0.4, -0.2) is 24.3 Å². The Bertz CT molecular complexity index is 818. The van der Waals surface area contributed by atoms with Crippen molar-refractivity contribution in [1.29, 1.82) is 0 Å². The van der Waals surface area contributed by atoms with Crippen molar-refractivity contribution in [3.63, 3.8) is 0 Å².